The molecule has 0 aliphatic rings. The molecule has 0 aliphatic heterocycles. The Labute approximate surface area is 249 Å². The molecule has 42 heavy (non-hydrogen) atoms. The van der Waals surface area contributed by atoms with Gasteiger partial charge in [0, 0.05) is 32.5 Å². The molecule has 0 spiro atoms. The van der Waals surface area contributed by atoms with Crippen LogP contribution in [-0.2, 0) is 32.6 Å². The first-order valence-electron chi connectivity index (χ1n) is 14.0. The lowest BCUT2D eigenvalue weighted by molar-refractivity contribution is -0.141. The van der Waals surface area contributed by atoms with Gasteiger partial charge >= 0.3 is 0 Å². The Balaban J connectivity index is 1.87. The van der Waals surface area contributed by atoms with Gasteiger partial charge in [-0.3, -0.25) is 13.9 Å². The topological polar surface area (TPSA) is 105 Å². The number of benzene rings is 3. The maximum Gasteiger partial charge on any atom is 0.243 e. The van der Waals surface area contributed by atoms with Crippen LogP contribution in [0.5, 0.6) is 11.5 Å². The monoisotopic (exact) mass is 595 g/mol. The Morgan fingerprint density at radius 3 is 2.17 bits per heavy atom. The summed E-state index contributed by atoms with van der Waals surface area (Å²) in [7, 11) is -0.483. The second-order valence-corrected chi connectivity index (χ2v) is 11.9. The lowest BCUT2D eigenvalue weighted by atomic mass is 10.0. The minimum Gasteiger partial charge on any atom is -0.497 e. The molecule has 0 heterocycles. The summed E-state index contributed by atoms with van der Waals surface area (Å²) in [5.41, 5.74) is 2.24. The van der Waals surface area contributed by atoms with Gasteiger partial charge < -0.3 is 19.7 Å². The molecule has 0 fully saturated rings. The van der Waals surface area contributed by atoms with Crippen molar-refractivity contribution in [3.8, 4) is 11.5 Å². The summed E-state index contributed by atoms with van der Waals surface area (Å²) in [6.07, 6.45) is 2.56. The Bertz CT molecular complexity index is 1400. The van der Waals surface area contributed by atoms with Crippen molar-refractivity contribution in [1.29, 1.82) is 0 Å². The molecule has 0 saturated heterocycles. The first kappa shape index (κ1) is 32.5. The molecule has 0 aromatic heterocycles. The number of hydrogen-bond acceptors (Lipinski definition) is 6. The Morgan fingerprint density at radius 1 is 0.881 bits per heavy atom. The first-order valence-corrected chi connectivity index (χ1v) is 15.9. The number of sulfonamides is 1. The summed E-state index contributed by atoms with van der Waals surface area (Å²) in [4.78, 5) is 29.0. The summed E-state index contributed by atoms with van der Waals surface area (Å²) in [5.74, 6) is 0.793. The SMILES string of the molecule is CCCNC(=O)C(Cc1ccccc1)N(Cc1cccc(OC)c1)C(=O)CCCN(c1ccc(OC)cc1)S(C)(=O)=O. The number of nitrogens with zero attached hydrogens (tertiary/aromatic N) is 2. The quantitative estimate of drug-likeness (QED) is 0.263. The molecule has 1 atom stereocenters. The third-order valence-corrected chi connectivity index (χ3v) is 8.01. The van der Waals surface area contributed by atoms with Crippen LogP contribution in [0.4, 0.5) is 5.69 Å². The Kier molecular flexibility index (Phi) is 12.2. The highest BCUT2D eigenvalue weighted by atomic mass is 32.2. The zero-order chi connectivity index (χ0) is 30.5. The summed E-state index contributed by atoms with van der Waals surface area (Å²) in [6.45, 7) is 2.77. The molecule has 10 heteroatoms. The van der Waals surface area contributed by atoms with Gasteiger partial charge in [-0.15, -0.1) is 0 Å². The van der Waals surface area contributed by atoms with E-state index in [1.807, 2.05) is 61.5 Å². The van der Waals surface area contributed by atoms with Crippen molar-refractivity contribution in [2.45, 2.75) is 45.2 Å². The molecule has 3 aromatic rings. The predicted molar refractivity (Wildman–Crippen MR) is 165 cm³/mol. The molecular weight excluding hydrogens is 554 g/mol. The van der Waals surface area contributed by atoms with Crippen LogP contribution in [0, 0.1) is 0 Å². The summed E-state index contributed by atoms with van der Waals surface area (Å²) in [6, 6.07) is 23.0. The van der Waals surface area contributed by atoms with Crippen LogP contribution in [0.2, 0.25) is 0 Å². The van der Waals surface area contributed by atoms with E-state index in [1.54, 1.807) is 43.4 Å². The van der Waals surface area contributed by atoms with Gasteiger partial charge in [-0.1, -0.05) is 49.4 Å². The van der Waals surface area contributed by atoms with E-state index in [0.717, 1.165) is 23.8 Å². The highest BCUT2D eigenvalue weighted by molar-refractivity contribution is 7.92. The highest BCUT2D eigenvalue weighted by Crippen LogP contribution is 2.23. The van der Waals surface area contributed by atoms with Crippen LogP contribution in [0.3, 0.4) is 0 Å². The third kappa shape index (κ3) is 9.51. The van der Waals surface area contributed by atoms with Crippen molar-refractivity contribution in [2.24, 2.45) is 0 Å². The maximum atomic E-state index is 13.9. The predicted octanol–water partition coefficient (Wildman–Crippen LogP) is 4.42. The average Bonchev–Trinajstić information content (AvgIpc) is 2.99. The van der Waals surface area contributed by atoms with Gasteiger partial charge in [0.15, 0.2) is 0 Å². The van der Waals surface area contributed by atoms with Crippen LogP contribution < -0.4 is 19.1 Å². The first-order chi connectivity index (χ1) is 20.2. The molecule has 226 valence electrons. The second-order valence-electron chi connectivity index (χ2n) is 10.0. The van der Waals surface area contributed by atoms with E-state index < -0.39 is 16.1 Å². The molecule has 2 amide bonds. The number of carbonyl (C=O) groups is 2. The largest absolute Gasteiger partial charge is 0.497 e. The van der Waals surface area contributed by atoms with Crippen molar-refractivity contribution in [2.75, 3.05) is 37.9 Å². The van der Waals surface area contributed by atoms with E-state index >= 15 is 0 Å². The van der Waals surface area contributed by atoms with Crippen LogP contribution >= 0.6 is 0 Å². The number of anilines is 1. The van der Waals surface area contributed by atoms with Crippen LogP contribution in [0.15, 0.2) is 78.9 Å². The molecule has 1 N–H and O–H groups in total. The lowest BCUT2D eigenvalue weighted by Crippen LogP contribution is -2.50. The lowest BCUT2D eigenvalue weighted by Gasteiger charge is -2.32. The van der Waals surface area contributed by atoms with Gasteiger partial charge in [-0.25, -0.2) is 8.42 Å². The summed E-state index contributed by atoms with van der Waals surface area (Å²) in [5, 5.41) is 2.97. The molecule has 9 nitrogen and oxygen atoms in total. The molecular formula is C32H41N3O6S. The Morgan fingerprint density at radius 2 is 1.55 bits per heavy atom. The molecule has 3 aromatic carbocycles. The van der Waals surface area contributed by atoms with Crippen molar-refractivity contribution in [3.05, 3.63) is 90.0 Å². The number of nitrogens with one attached hydrogen (secondary N) is 1. The highest BCUT2D eigenvalue weighted by Gasteiger charge is 2.30. The van der Waals surface area contributed by atoms with Gasteiger partial charge in [0.2, 0.25) is 21.8 Å². The zero-order valence-corrected chi connectivity index (χ0v) is 25.6. The van der Waals surface area contributed by atoms with E-state index in [0.29, 0.717) is 30.2 Å². The van der Waals surface area contributed by atoms with E-state index in [-0.39, 0.29) is 37.7 Å². The maximum absolute atomic E-state index is 13.9. The Hall–Kier alpha value is -4.05. The summed E-state index contributed by atoms with van der Waals surface area (Å²) >= 11 is 0. The molecule has 0 saturated carbocycles. The van der Waals surface area contributed by atoms with Gasteiger partial charge in [-0.05, 0) is 60.4 Å². The van der Waals surface area contributed by atoms with Crippen molar-refractivity contribution < 1.29 is 27.5 Å². The normalized spacial score (nSPS) is 11.8. The smallest absolute Gasteiger partial charge is 0.243 e. The molecule has 1 unspecified atom stereocenters. The van der Waals surface area contributed by atoms with E-state index in [2.05, 4.69) is 5.32 Å². The fraction of sp³-hybridized carbons (Fsp3) is 0.375. The van der Waals surface area contributed by atoms with Crippen molar-refractivity contribution >= 4 is 27.5 Å². The average molecular weight is 596 g/mol. The minimum atomic E-state index is -3.60. The molecule has 0 aliphatic carbocycles. The summed E-state index contributed by atoms with van der Waals surface area (Å²) < 4.78 is 37.1. The van der Waals surface area contributed by atoms with Gasteiger partial charge in [-0.2, -0.15) is 0 Å². The van der Waals surface area contributed by atoms with Crippen LogP contribution in [0.25, 0.3) is 0 Å². The van der Waals surface area contributed by atoms with E-state index in [9.17, 15) is 18.0 Å². The van der Waals surface area contributed by atoms with Crippen molar-refractivity contribution in [3.63, 3.8) is 0 Å². The van der Waals surface area contributed by atoms with Crippen LogP contribution in [-0.4, -0.2) is 64.7 Å². The molecule has 3 rings (SSSR count). The molecule has 0 radical (unpaired) electrons. The van der Waals surface area contributed by atoms with Crippen molar-refractivity contribution in [1.82, 2.24) is 10.2 Å². The molecule has 0 bridgehead atoms. The third-order valence-electron chi connectivity index (χ3n) is 6.82. The number of hydrogen-bond donors (Lipinski definition) is 1. The van der Waals surface area contributed by atoms with Gasteiger partial charge in [0.25, 0.3) is 0 Å². The number of methoxy groups -OCH3 is 2. The number of carbonyl (C=O) groups excluding carboxylic acids is 2. The van der Waals surface area contributed by atoms with E-state index in [1.165, 1.54) is 4.31 Å². The number of ether oxygens (including phenoxy) is 2. The fourth-order valence-corrected chi connectivity index (χ4v) is 5.61. The van der Waals surface area contributed by atoms with E-state index in [4.69, 9.17) is 9.47 Å². The fourth-order valence-electron chi connectivity index (χ4n) is 4.64. The van der Waals surface area contributed by atoms with Gasteiger partial charge in [0.1, 0.15) is 17.5 Å². The second kappa shape index (κ2) is 15.8. The minimum absolute atomic E-state index is 0.0541. The van der Waals surface area contributed by atoms with Gasteiger partial charge in [0.05, 0.1) is 26.2 Å². The number of amides is 2. The standard InChI is InChI=1S/C32H41N3O6S/c1-5-20-33-32(37)30(23-25-11-7-6-8-12-25)34(24-26-13-9-14-29(22-26)41-3)31(36)15-10-21-35(42(4,38)39)27-16-18-28(40-2)19-17-27/h6-9,11-14,16-19,22,30H,5,10,15,20-21,23-24H2,1-4H3,(H,33,37). The zero-order valence-electron chi connectivity index (χ0n) is 24.8. The number of rotatable bonds is 16. The van der Waals surface area contributed by atoms with Crippen LogP contribution in [0.1, 0.15) is 37.3 Å².